The molecular weight excluding hydrogens is 292 g/mol. The third kappa shape index (κ3) is 3.70. The SMILES string of the molecule is OCC(O)CSc1nc(Cl)ncc1Br. The molecule has 1 heterocycles. The van der Waals surface area contributed by atoms with Gasteiger partial charge in [0.15, 0.2) is 0 Å². The molecule has 1 atom stereocenters. The fourth-order valence-electron chi connectivity index (χ4n) is 0.660. The molecule has 4 nitrogen and oxygen atoms in total. The minimum atomic E-state index is -0.749. The maximum Gasteiger partial charge on any atom is 0.223 e. The molecule has 1 aromatic rings. The Morgan fingerprint density at radius 1 is 1.64 bits per heavy atom. The van der Waals surface area contributed by atoms with Gasteiger partial charge in [0.1, 0.15) is 5.03 Å². The molecule has 0 aliphatic carbocycles. The molecule has 1 rings (SSSR count). The molecule has 1 unspecified atom stereocenters. The minimum Gasteiger partial charge on any atom is -0.394 e. The molecular formula is C7H8BrClN2O2S. The van der Waals surface area contributed by atoms with E-state index in [4.69, 9.17) is 21.8 Å². The smallest absolute Gasteiger partial charge is 0.223 e. The Hall–Kier alpha value is 0.120. The van der Waals surface area contributed by atoms with Crippen LogP contribution in [0.4, 0.5) is 0 Å². The first kappa shape index (κ1) is 12.2. The number of halogens is 2. The van der Waals surface area contributed by atoms with E-state index >= 15 is 0 Å². The van der Waals surface area contributed by atoms with Gasteiger partial charge in [0, 0.05) is 11.9 Å². The van der Waals surface area contributed by atoms with Gasteiger partial charge >= 0.3 is 0 Å². The van der Waals surface area contributed by atoms with Crippen LogP contribution in [0.1, 0.15) is 0 Å². The zero-order valence-electron chi connectivity index (χ0n) is 7.02. The summed E-state index contributed by atoms with van der Waals surface area (Å²) in [6.45, 7) is -0.260. The predicted octanol–water partition coefficient (Wildman–Crippen LogP) is 1.34. The summed E-state index contributed by atoms with van der Waals surface area (Å²) < 4.78 is 0.719. The molecule has 7 heteroatoms. The number of nitrogens with zero attached hydrogens (tertiary/aromatic N) is 2. The molecule has 0 aromatic carbocycles. The van der Waals surface area contributed by atoms with Gasteiger partial charge in [0.25, 0.3) is 0 Å². The Kier molecular flexibility index (Phi) is 5.11. The van der Waals surface area contributed by atoms with Crippen molar-refractivity contribution in [3.63, 3.8) is 0 Å². The standard InChI is InChI=1S/C7H8BrClN2O2S/c8-5-1-10-7(9)11-6(5)14-3-4(13)2-12/h1,4,12-13H,2-3H2. The zero-order valence-corrected chi connectivity index (χ0v) is 10.2. The highest BCUT2D eigenvalue weighted by molar-refractivity contribution is 9.10. The lowest BCUT2D eigenvalue weighted by atomic mass is 10.4. The second-order valence-corrected chi connectivity index (χ2v) is 4.64. The van der Waals surface area contributed by atoms with Crippen LogP contribution in [0.25, 0.3) is 0 Å². The molecule has 2 N–H and O–H groups in total. The van der Waals surface area contributed by atoms with Gasteiger partial charge in [-0.25, -0.2) is 9.97 Å². The van der Waals surface area contributed by atoms with E-state index in [0.29, 0.717) is 10.8 Å². The largest absolute Gasteiger partial charge is 0.394 e. The molecule has 0 aliphatic heterocycles. The van der Waals surface area contributed by atoms with Crippen LogP contribution in [0, 0.1) is 0 Å². The molecule has 78 valence electrons. The molecule has 0 radical (unpaired) electrons. The molecule has 0 spiro atoms. The van der Waals surface area contributed by atoms with E-state index in [0.717, 1.165) is 4.47 Å². The number of aliphatic hydroxyl groups is 2. The number of thioether (sulfide) groups is 1. The summed E-state index contributed by atoms with van der Waals surface area (Å²) in [6, 6.07) is 0. The van der Waals surface area contributed by atoms with E-state index in [1.165, 1.54) is 11.8 Å². The minimum absolute atomic E-state index is 0.161. The van der Waals surface area contributed by atoms with Crippen LogP contribution >= 0.6 is 39.3 Å². The summed E-state index contributed by atoms with van der Waals surface area (Å²) in [6.07, 6.45) is 0.795. The van der Waals surface area contributed by atoms with Gasteiger partial charge in [-0.05, 0) is 27.5 Å². The van der Waals surface area contributed by atoms with E-state index in [-0.39, 0.29) is 11.9 Å². The number of hydrogen-bond donors (Lipinski definition) is 2. The monoisotopic (exact) mass is 298 g/mol. The Morgan fingerprint density at radius 3 is 3.00 bits per heavy atom. The first-order valence-corrected chi connectivity index (χ1v) is 5.89. The Morgan fingerprint density at radius 2 is 2.36 bits per heavy atom. The lowest BCUT2D eigenvalue weighted by Gasteiger charge is -2.06. The number of aromatic nitrogens is 2. The normalized spacial score (nSPS) is 12.9. The molecule has 0 fully saturated rings. The average molecular weight is 300 g/mol. The van der Waals surface area contributed by atoms with Crippen molar-refractivity contribution in [2.24, 2.45) is 0 Å². The molecule has 0 saturated heterocycles. The van der Waals surface area contributed by atoms with Gasteiger partial charge < -0.3 is 10.2 Å². The van der Waals surface area contributed by atoms with Crippen LogP contribution in [0.5, 0.6) is 0 Å². The lowest BCUT2D eigenvalue weighted by molar-refractivity contribution is 0.113. The summed E-state index contributed by atoms with van der Waals surface area (Å²) in [5.41, 5.74) is 0. The summed E-state index contributed by atoms with van der Waals surface area (Å²) >= 11 is 10.2. The Bertz CT molecular complexity index is 316. The van der Waals surface area contributed by atoms with Crippen LogP contribution in [0.2, 0.25) is 5.28 Å². The van der Waals surface area contributed by atoms with E-state index in [2.05, 4.69) is 25.9 Å². The third-order valence-corrected chi connectivity index (χ3v) is 3.47. The van der Waals surface area contributed by atoms with E-state index in [9.17, 15) is 0 Å². The van der Waals surface area contributed by atoms with E-state index in [1.54, 1.807) is 6.20 Å². The van der Waals surface area contributed by atoms with Crippen molar-refractivity contribution < 1.29 is 10.2 Å². The van der Waals surface area contributed by atoms with Crippen molar-refractivity contribution in [2.75, 3.05) is 12.4 Å². The van der Waals surface area contributed by atoms with Crippen molar-refractivity contribution >= 4 is 39.3 Å². The quantitative estimate of drug-likeness (QED) is 0.499. The summed E-state index contributed by atoms with van der Waals surface area (Å²) in [4.78, 5) is 7.73. The van der Waals surface area contributed by atoms with Crippen molar-refractivity contribution in [3.05, 3.63) is 16.0 Å². The maximum absolute atomic E-state index is 9.12. The predicted molar refractivity (Wildman–Crippen MR) is 58.6 cm³/mol. The number of hydrogen-bond acceptors (Lipinski definition) is 5. The zero-order chi connectivity index (χ0) is 10.6. The molecule has 0 bridgehead atoms. The molecule has 0 aliphatic rings. The van der Waals surface area contributed by atoms with Crippen LogP contribution in [-0.2, 0) is 0 Å². The lowest BCUT2D eigenvalue weighted by Crippen LogP contribution is -2.14. The summed E-state index contributed by atoms with van der Waals surface area (Å²) in [5, 5.41) is 18.5. The molecule has 14 heavy (non-hydrogen) atoms. The van der Waals surface area contributed by atoms with Crippen LogP contribution in [0.15, 0.2) is 15.7 Å². The van der Waals surface area contributed by atoms with Crippen molar-refractivity contribution in [2.45, 2.75) is 11.1 Å². The van der Waals surface area contributed by atoms with Crippen LogP contribution in [-0.4, -0.2) is 38.6 Å². The van der Waals surface area contributed by atoms with E-state index in [1.807, 2.05) is 0 Å². The highest BCUT2D eigenvalue weighted by atomic mass is 79.9. The topological polar surface area (TPSA) is 66.2 Å². The summed E-state index contributed by atoms with van der Waals surface area (Å²) in [5.74, 6) is 0.364. The van der Waals surface area contributed by atoms with Crippen LogP contribution in [0.3, 0.4) is 0 Å². The molecule has 0 saturated carbocycles. The fourth-order valence-corrected chi connectivity index (χ4v) is 2.18. The molecule has 1 aromatic heterocycles. The van der Waals surface area contributed by atoms with Gasteiger partial charge in [-0.15, -0.1) is 11.8 Å². The van der Waals surface area contributed by atoms with Crippen molar-refractivity contribution in [3.8, 4) is 0 Å². The summed E-state index contributed by atoms with van der Waals surface area (Å²) in [7, 11) is 0. The first-order valence-electron chi connectivity index (χ1n) is 3.73. The van der Waals surface area contributed by atoms with Gasteiger partial charge in [-0.1, -0.05) is 0 Å². The van der Waals surface area contributed by atoms with Crippen molar-refractivity contribution in [1.82, 2.24) is 9.97 Å². The number of rotatable bonds is 4. The third-order valence-electron chi connectivity index (χ3n) is 1.31. The highest BCUT2D eigenvalue weighted by Gasteiger charge is 2.08. The second-order valence-electron chi connectivity index (χ2n) is 2.44. The Labute approximate surface area is 98.8 Å². The Balaban J connectivity index is 2.62. The van der Waals surface area contributed by atoms with Gasteiger partial charge in [-0.2, -0.15) is 0 Å². The second kappa shape index (κ2) is 5.87. The maximum atomic E-state index is 9.12. The van der Waals surface area contributed by atoms with Gasteiger partial charge in [-0.3, -0.25) is 0 Å². The highest BCUT2D eigenvalue weighted by Crippen LogP contribution is 2.25. The van der Waals surface area contributed by atoms with Gasteiger partial charge in [0.2, 0.25) is 5.28 Å². The van der Waals surface area contributed by atoms with Gasteiger partial charge in [0.05, 0.1) is 17.2 Å². The number of aliphatic hydroxyl groups excluding tert-OH is 2. The first-order chi connectivity index (χ1) is 6.63. The van der Waals surface area contributed by atoms with Crippen LogP contribution < -0.4 is 0 Å². The van der Waals surface area contributed by atoms with E-state index < -0.39 is 6.10 Å². The average Bonchev–Trinajstić information content (AvgIpc) is 2.19. The molecule has 0 amide bonds. The fraction of sp³-hybridized carbons (Fsp3) is 0.429. The van der Waals surface area contributed by atoms with Crippen molar-refractivity contribution in [1.29, 1.82) is 0 Å².